The quantitative estimate of drug-likeness (QED) is 0.624. The van der Waals surface area contributed by atoms with Gasteiger partial charge < -0.3 is 9.64 Å². The van der Waals surface area contributed by atoms with Gasteiger partial charge in [0.05, 0.1) is 12.1 Å². The number of piperidine rings is 1. The van der Waals surface area contributed by atoms with Crippen LogP contribution in [0.1, 0.15) is 25.3 Å². The molecular weight excluding hydrogens is 378 g/mol. The Morgan fingerprint density at radius 1 is 1.13 bits per heavy atom. The number of pyridine rings is 1. The van der Waals surface area contributed by atoms with Crippen molar-refractivity contribution in [2.75, 3.05) is 19.7 Å². The van der Waals surface area contributed by atoms with Crippen LogP contribution in [0.5, 0.6) is 5.75 Å². The molecule has 1 saturated heterocycles. The van der Waals surface area contributed by atoms with Crippen LogP contribution in [0, 0.1) is 6.92 Å². The Labute approximate surface area is 176 Å². The summed E-state index contributed by atoms with van der Waals surface area (Å²) in [4.78, 5) is 23.3. The summed E-state index contributed by atoms with van der Waals surface area (Å²) in [5.41, 5.74) is 6.95. The number of fused-ring (bicyclic) bond motifs is 1. The number of benzene rings is 2. The molecule has 0 saturated carbocycles. The molecule has 156 valence electrons. The highest BCUT2D eigenvalue weighted by Crippen LogP contribution is 2.30. The highest BCUT2D eigenvalue weighted by molar-refractivity contribution is 5.88. The Hall–Kier alpha value is -3.12. The predicted octanol–water partition coefficient (Wildman–Crippen LogP) is 4.71. The molecule has 2 aromatic carbocycles. The normalized spacial score (nSPS) is 14.7. The minimum absolute atomic E-state index is 0.107. The number of nitrogens with zero attached hydrogens (tertiary/aromatic N) is 2. The molecule has 6 heteroatoms. The number of carbonyl (C=O) groups is 1. The van der Waals surface area contributed by atoms with Gasteiger partial charge in [-0.2, -0.15) is 0 Å². The Kier molecular flexibility index (Phi) is 6.14. The van der Waals surface area contributed by atoms with Gasteiger partial charge in [0, 0.05) is 43.1 Å². The van der Waals surface area contributed by atoms with E-state index in [-0.39, 0.29) is 12.1 Å². The topological polar surface area (TPSA) is 63.7 Å². The first-order chi connectivity index (χ1) is 14.7. The zero-order valence-electron chi connectivity index (χ0n) is 17.4. The van der Waals surface area contributed by atoms with Crippen molar-refractivity contribution in [2.45, 2.75) is 32.8 Å². The van der Waals surface area contributed by atoms with E-state index in [2.05, 4.69) is 35.6 Å². The number of hydrogen-bond acceptors (Lipinski definition) is 4. The van der Waals surface area contributed by atoms with Crippen molar-refractivity contribution in [1.29, 1.82) is 0 Å². The molecule has 4 rings (SSSR count). The van der Waals surface area contributed by atoms with Crippen LogP contribution >= 0.6 is 0 Å². The van der Waals surface area contributed by atoms with Crippen molar-refractivity contribution in [1.82, 2.24) is 15.4 Å². The maximum atomic E-state index is 11.9. The minimum Gasteiger partial charge on any atom is -0.490 e. The number of rotatable bonds is 5. The molecule has 1 aliphatic heterocycles. The molecule has 0 aliphatic carbocycles. The lowest BCUT2D eigenvalue weighted by molar-refractivity contribution is 0.0446. The molecular formula is C24H27N3O3. The van der Waals surface area contributed by atoms with Gasteiger partial charge in [-0.15, -0.1) is 0 Å². The third-order valence-electron chi connectivity index (χ3n) is 5.55. The number of aromatic nitrogens is 1. The lowest BCUT2D eigenvalue weighted by atomic mass is 9.99. The Balaban J connectivity index is 1.38. The minimum atomic E-state index is -0.181. The fourth-order valence-electron chi connectivity index (χ4n) is 3.85. The maximum absolute atomic E-state index is 11.9. The van der Waals surface area contributed by atoms with Gasteiger partial charge in [-0.3, -0.25) is 9.82 Å². The number of hydroxylamine groups is 1. The van der Waals surface area contributed by atoms with E-state index >= 15 is 0 Å². The fourth-order valence-corrected chi connectivity index (χ4v) is 3.85. The highest BCUT2D eigenvalue weighted by atomic mass is 16.7. The molecule has 3 aromatic rings. The zero-order chi connectivity index (χ0) is 20.9. The van der Waals surface area contributed by atoms with Crippen molar-refractivity contribution in [3.05, 3.63) is 60.3 Å². The summed E-state index contributed by atoms with van der Waals surface area (Å²) in [5.74, 6) is 0.849. The summed E-state index contributed by atoms with van der Waals surface area (Å²) in [6.07, 6.45) is 3.65. The number of para-hydroxylation sites is 1. The summed E-state index contributed by atoms with van der Waals surface area (Å²) < 4.78 is 6.15. The van der Waals surface area contributed by atoms with Crippen LogP contribution in [-0.2, 0) is 4.84 Å². The lowest BCUT2D eigenvalue weighted by Gasteiger charge is -2.32. The maximum Gasteiger partial charge on any atom is 0.341 e. The predicted molar refractivity (Wildman–Crippen MR) is 117 cm³/mol. The van der Waals surface area contributed by atoms with E-state index in [0.717, 1.165) is 35.2 Å². The molecule has 0 radical (unpaired) electrons. The number of hydrogen-bond donors (Lipinski definition) is 1. The first-order valence-corrected chi connectivity index (χ1v) is 10.4. The second-order valence-electron chi connectivity index (χ2n) is 7.48. The van der Waals surface area contributed by atoms with E-state index in [9.17, 15) is 4.79 Å². The van der Waals surface area contributed by atoms with Crippen LogP contribution < -0.4 is 10.2 Å². The molecule has 6 nitrogen and oxygen atoms in total. The summed E-state index contributed by atoms with van der Waals surface area (Å²) in [6, 6.07) is 16.2. The number of carbonyl (C=O) groups excluding carboxylic acids is 1. The lowest BCUT2D eigenvalue weighted by Crippen LogP contribution is -2.46. The Bertz CT molecular complexity index is 1010. The molecule has 1 aromatic heterocycles. The van der Waals surface area contributed by atoms with Crippen molar-refractivity contribution in [3.8, 4) is 16.9 Å². The average molecular weight is 405 g/mol. The van der Waals surface area contributed by atoms with Gasteiger partial charge in [-0.1, -0.05) is 30.3 Å². The van der Waals surface area contributed by atoms with Crippen molar-refractivity contribution in [3.63, 3.8) is 0 Å². The van der Waals surface area contributed by atoms with E-state index in [1.165, 1.54) is 10.9 Å². The fraction of sp³-hybridized carbons (Fsp3) is 0.333. The molecule has 0 spiro atoms. The Morgan fingerprint density at radius 2 is 1.87 bits per heavy atom. The summed E-state index contributed by atoms with van der Waals surface area (Å²) in [7, 11) is 0. The largest absolute Gasteiger partial charge is 0.490 e. The number of amides is 2. The second-order valence-corrected chi connectivity index (χ2v) is 7.48. The molecule has 0 bridgehead atoms. The van der Waals surface area contributed by atoms with Crippen molar-refractivity contribution in [2.24, 2.45) is 0 Å². The molecule has 1 N–H and O–H groups in total. The van der Waals surface area contributed by atoms with Crippen LogP contribution in [-0.4, -0.2) is 41.7 Å². The highest BCUT2D eigenvalue weighted by Gasteiger charge is 2.24. The van der Waals surface area contributed by atoms with Crippen LogP contribution in [0.4, 0.5) is 4.79 Å². The first kappa shape index (κ1) is 20.2. The molecule has 0 atom stereocenters. The molecule has 1 fully saturated rings. The van der Waals surface area contributed by atoms with Crippen LogP contribution in [0.25, 0.3) is 22.0 Å². The van der Waals surface area contributed by atoms with Crippen LogP contribution in [0.15, 0.2) is 54.7 Å². The summed E-state index contributed by atoms with van der Waals surface area (Å²) in [5, 5.41) is 1.18. The molecule has 2 heterocycles. The van der Waals surface area contributed by atoms with Gasteiger partial charge in [0.1, 0.15) is 11.9 Å². The van der Waals surface area contributed by atoms with Gasteiger partial charge in [0.15, 0.2) is 0 Å². The monoisotopic (exact) mass is 405 g/mol. The van der Waals surface area contributed by atoms with E-state index in [1.807, 2.05) is 43.5 Å². The first-order valence-electron chi connectivity index (χ1n) is 10.4. The van der Waals surface area contributed by atoms with Crippen LogP contribution in [0.3, 0.4) is 0 Å². The van der Waals surface area contributed by atoms with Gasteiger partial charge in [-0.25, -0.2) is 10.3 Å². The SMILES string of the molecule is CCONC(=O)N1CCC(Oc2ccc(-c3cnc4ccccc4c3C)cc2)CC1. The number of ether oxygens (including phenoxy) is 1. The van der Waals surface area contributed by atoms with Gasteiger partial charge >= 0.3 is 6.03 Å². The van der Waals surface area contributed by atoms with Gasteiger partial charge in [-0.05, 0) is 43.2 Å². The third kappa shape index (κ3) is 4.39. The van der Waals surface area contributed by atoms with E-state index in [4.69, 9.17) is 9.57 Å². The summed E-state index contributed by atoms with van der Waals surface area (Å²) >= 11 is 0. The molecule has 2 amide bonds. The van der Waals surface area contributed by atoms with Gasteiger partial charge in [0.2, 0.25) is 0 Å². The number of aryl methyl sites for hydroxylation is 1. The molecule has 0 unspecified atom stereocenters. The van der Waals surface area contributed by atoms with Gasteiger partial charge in [0.25, 0.3) is 0 Å². The van der Waals surface area contributed by atoms with Crippen LogP contribution in [0.2, 0.25) is 0 Å². The van der Waals surface area contributed by atoms with E-state index in [1.54, 1.807) is 4.90 Å². The molecule has 1 aliphatic rings. The molecule has 30 heavy (non-hydrogen) atoms. The number of nitrogens with one attached hydrogen (secondary N) is 1. The standard InChI is InChI=1S/C24H27N3O3/c1-3-29-26-24(28)27-14-12-20(13-15-27)30-19-10-8-18(9-11-19)22-16-25-23-7-5-4-6-21(23)17(22)2/h4-11,16,20H,3,12-15H2,1-2H3,(H,26,28). The number of urea groups is 1. The average Bonchev–Trinajstić information content (AvgIpc) is 2.79. The number of likely N-dealkylation sites (tertiary alicyclic amines) is 1. The summed E-state index contributed by atoms with van der Waals surface area (Å²) in [6.45, 7) is 5.74. The second kappa shape index (κ2) is 9.13. The van der Waals surface area contributed by atoms with E-state index < -0.39 is 0 Å². The third-order valence-corrected chi connectivity index (χ3v) is 5.55. The van der Waals surface area contributed by atoms with E-state index in [0.29, 0.717) is 19.7 Å². The van der Waals surface area contributed by atoms with Crippen molar-refractivity contribution >= 4 is 16.9 Å². The Morgan fingerprint density at radius 3 is 2.60 bits per heavy atom. The zero-order valence-corrected chi connectivity index (χ0v) is 17.4. The van der Waals surface area contributed by atoms with Crippen molar-refractivity contribution < 1.29 is 14.4 Å². The smallest absolute Gasteiger partial charge is 0.341 e.